The third-order valence-electron chi connectivity index (χ3n) is 3.13. The van der Waals surface area contributed by atoms with Gasteiger partial charge in [-0.1, -0.05) is 44.4 Å². The Balaban J connectivity index is 2.66. The molecule has 4 heteroatoms. The molecule has 0 saturated carbocycles. The third-order valence-corrected chi connectivity index (χ3v) is 3.13. The molecule has 3 nitrogen and oxygen atoms in total. The minimum absolute atomic E-state index is 0.392. The third kappa shape index (κ3) is 7.03. The fourth-order valence-corrected chi connectivity index (χ4v) is 1.90. The SMILES string of the molecule is CCCCCCCC#Cc1ccc(F)cc1/C=N/C(=O)OC. The molecule has 1 aromatic carbocycles. The Labute approximate surface area is 131 Å². The molecule has 0 aliphatic rings. The number of unbranched alkanes of at least 4 members (excludes halogenated alkanes) is 5. The summed E-state index contributed by atoms with van der Waals surface area (Å²) < 4.78 is 17.7. The van der Waals surface area contributed by atoms with Gasteiger partial charge in [0.25, 0.3) is 0 Å². The van der Waals surface area contributed by atoms with E-state index in [4.69, 9.17) is 0 Å². The fourth-order valence-electron chi connectivity index (χ4n) is 1.90. The van der Waals surface area contributed by atoms with Crippen molar-refractivity contribution >= 4 is 12.3 Å². The van der Waals surface area contributed by atoms with Gasteiger partial charge in [0, 0.05) is 23.8 Å². The lowest BCUT2D eigenvalue weighted by molar-refractivity contribution is 0.183. The first-order chi connectivity index (χ1) is 10.7. The zero-order valence-electron chi connectivity index (χ0n) is 13.2. The number of hydrogen-bond acceptors (Lipinski definition) is 2. The molecule has 0 saturated heterocycles. The normalized spacial score (nSPS) is 10.3. The number of hydrogen-bond donors (Lipinski definition) is 0. The highest BCUT2D eigenvalue weighted by atomic mass is 19.1. The first-order valence-electron chi connectivity index (χ1n) is 7.57. The van der Waals surface area contributed by atoms with Crippen molar-refractivity contribution in [3.05, 3.63) is 35.1 Å². The molecule has 0 aliphatic heterocycles. The van der Waals surface area contributed by atoms with E-state index in [9.17, 15) is 9.18 Å². The Morgan fingerprint density at radius 3 is 2.82 bits per heavy atom. The molecule has 0 atom stereocenters. The van der Waals surface area contributed by atoms with Crippen molar-refractivity contribution in [3.8, 4) is 11.8 Å². The van der Waals surface area contributed by atoms with E-state index in [0.717, 1.165) is 12.8 Å². The lowest BCUT2D eigenvalue weighted by Crippen LogP contribution is -1.96. The van der Waals surface area contributed by atoms with E-state index in [1.807, 2.05) is 0 Å². The second-order valence-electron chi connectivity index (χ2n) is 4.93. The number of methoxy groups -OCH3 is 1. The molecule has 1 amide bonds. The zero-order valence-corrected chi connectivity index (χ0v) is 13.2. The molecule has 0 N–H and O–H groups in total. The van der Waals surface area contributed by atoms with Crippen molar-refractivity contribution in [2.75, 3.05) is 7.11 Å². The van der Waals surface area contributed by atoms with Crippen LogP contribution in [0.1, 0.15) is 56.6 Å². The highest BCUT2D eigenvalue weighted by Gasteiger charge is 2.01. The lowest BCUT2D eigenvalue weighted by Gasteiger charge is -1.99. The van der Waals surface area contributed by atoms with Gasteiger partial charge in [0.1, 0.15) is 5.82 Å². The number of rotatable bonds is 6. The van der Waals surface area contributed by atoms with Gasteiger partial charge in [0.2, 0.25) is 0 Å². The molecule has 0 heterocycles. The summed E-state index contributed by atoms with van der Waals surface area (Å²) in [6.45, 7) is 2.19. The summed E-state index contributed by atoms with van der Waals surface area (Å²) in [5, 5.41) is 0. The van der Waals surface area contributed by atoms with Crippen LogP contribution in [0.15, 0.2) is 23.2 Å². The topological polar surface area (TPSA) is 38.7 Å². The highest BCUT2D eigenvalue weighted by Crippen LogP contribution is 2.09. The minimum Gasteiger partial charge on any atom is -0.451 e. The Morgan fingerprint density at radius 2 is 2.09 bits per heavy atom. The first kappa shape index (κ1) is 17.9. The predicted octanol–water partition coefficient (Wildman–Crippen LogP) is 4.72. The quantitative estimate of drug-likeness (QED) is 0.433. The van der Waals surface area contributed by atoms with Crippen LogP contribution in [0.25, 0.3) is 0 Å². The van der Waals surface area contributed by atoms with Crippen molar-refractivity contribution < 1.29 is 13.9 Å². The number of amides is 1. The molecule has 0 aliphatic carbocycles. The van der Waals surface area contributed by atoms with Crippen LogP contribution in [-0.2, 0) is 4.74 Å². The molecule has 0 aromatic heterocycles. The second kappa shape index (κ2) is 10.6. The average molecular weight is 303 g/mol. The Hall–Kier alpha value is -2.15. The molecule has 0 fully saturated rings. The van der Waals surface area contributed by atoms with E-state index in [2.05, 4.69) is 28.5 Å². The number of ether oxygens (including phenoxy) is 1. The largest absolute Gasteiger partial charge is 0.451 e. The molecule has 1 rings (SSSR count). The van der Waals surface area contributed by atoms with Crippen LogP contribution in [0.4, 0.5) is 9.18 Å². The van der Waals surface area contributed by atoms with Crippen LogP contribution in [0, 0.1) is 17.7 Å². The summed E-state index contributed by atoms with van der Waals surface area (Å²) in [7, 11) is 1.24. The maximum atomic E-state index is 13.3. The molecule has 22 heavy (non-hydrogen) atoms. The monoisotopic (exact) mass is 303 g/mol. The number of nitrogens with zero attached hydrogens (tertiary/aromatic N) is 1. The minimum atomic E-state index is -0.723. The van der Waals surface area contributed by atoms with E-state index in [0.29, 0.717) is 11.1 Å². The predicted molar refractivity (Wildman–Crippen MR) is 86.7 cm³/mol. The Morgan fingerprint density at radius 1 is 1.32 bits per heavy atom. The van der Waals surface area contributed by atoms with Gasteiger partial charge in [-0.15, -0.1) is 0 Å². The van der Waals surface area contributed by atoms with E-state index < -0.39 is 11.9 Å². The first-order valence-corrected chi connectivity index (χ1v) is 7.57. The van der Waals surface area contributed by atoms with Gasteiger partial charge in [-0.2, -0.15) is 4.99 Å². The second-order valence-corrected chi connectivity index (χ2v) is 4.93. The van der Waals surface area contributed by atoms with Gasteiger partial charge in [0.05, 0.1) is 7.11 Å². The standard InChI is InChI=1S/C18H22FNO2/c1-3-4-5-6-7-8-9-10-15-11-12-17(19)13-16(15)14-20-18(21)22-2/h11-14H,3-8H2,1-2H3/b20-14+. The molecule has 0 bridgehead atoms. The van der Waals surface area contributed by atoms with Crippen molar-refractivity contribution in [2.24, 2.45) is 4.99 Å². The molecular weight excluding hydrogens is 281 g/mol. The zero-order chi connectivity index (χ0) is 16.2. The maximum absolute atomic E-state index is 13.3. The van der Waals surface area contributed by atoms with Crippen LogP contribution in [0.3, 0.4) is 0 Å². The highest BCUT2D eigenvalue weighted by molar-refractivity contribution is 5.90. The molecule has 0 unspecified atom stereocenters. The molecule has 0 radical (unpaired) electrons. The number of halogens is 1. The number of benzene rings is 1. The van der Waals surface area contributed by atoms with E-state index >= 15 is 0 Å². The van der Waals surface area contributed by atoms with Crippen LogP contribution in [0.2, 0.25) is 0 Å². The van der Waals surface area contributed by atoms with Crippen molar-refractivity contribution in [1.82, 2.24) is 0 Å². The van der Waals surface area contributed by atoms with E-state index in [1.54, 1.807) is 6.07 Å². The summed E-state index contributed by atoms with van der Waals surface area (Å²) in [4.78, 5) is 14.6. The van der Waals surface area contributed by atoms with Gasteiger partial charge in [-0.25, -0.2) is 9.18 Å². The molecule has 1 aromatic rings. The summed E-state index contributed by atoms with van der Waals surface area (Å²) in [6, 6.07) is 4.25. The van der Waals surface area contributed by atoms with Crippen molar-refractivity contribution in [1.29, 1.82) is 0 Å². The van der Waals surface area contributed by atoms with Gasteiger partial charge in [0.15, 0.2) is 0 Å². The number of carbonyl (C=O) groups is 1. The van der Waals surface area contributed by atoms with Crippen molar-refractivity contribution in [3.63, 3.8) is 0 Å². The smallest absolute Gasteiger partial charge is 0.433 e. The van der Waals surface area contributed by atoms with Crippen LogP contribution < -0.4 is 0 Å². The van der Waals surface area contributed by atoms with Crippen molar-refractivity contribution in [2.45, 2.75) is 45.4 Å². The Kier molecular flexibility index (Phi) is 8.59. The van der Waals surface area contributed by atoms with Crippen LogP contribution in [0.5, 0.6) is 0 Å². The molecular formula is C18H22FNO2. The average Bonchev–Trinajstić information content (AvgIpc) is 2.53. The van der Waals surface area contributed by atoms with Crippen LogP contribution in [-0.4, -0.2) is 19.4 Å². The lowest BCUT2D eigenvalue weighted by atomic mass is 10.1. The fraction of sp³-hybridized carbons (Fsp3) is 0.444. The van der Waals surface area contributed by atoms with Gasteiger partial charge < -0.3 is 4.74 Å². The maximum Gasteiger partial charge on any atom is 0.433 e. The van der Waals surface area contributed by atoms with Crippen LogP contribution >= 0.6 is 0 Å². The van der Waals surface area contributed by atoms with E-state index in [-0.39, 0.29) is 0 Å². The summed E-state index contributed by atoms with van der Waals surface area (Å²) in [6.07, 6.45) is 7.35. The van der Waals surface area contributed by atoms with E-state index in [1.165, 1.54) is 51.1 Å². The summed E-state index contributed by atoms with van der Waals surface area (Å²) in [5.74, 6) is 5.71. The number of aliphatic imine (C=N–C) groups is 1. The molecule has 0 spiro atoms. The summed E-state index contributed by atoms with van der Waals surface area (Å²) >= 11 is 0. The molecule has 118 valence electrons. The summed E-state index contributed by atoms with van der Waals surface area (Å²) in [5.41, 5.74) is 1.13. The van der Waals surface area contributed by atoms with Gasteiger partial charge in [-0.05, 0) is 24.6 Å². The Bertz CT molecular complexity index is 570. The van der Waals surface area contributed by atoms with Gasteiger partial charge in [-0.3, -0.25) is 0 Å². The number of carbonyl (C=O) groups excluding carboxylic acids is 1. The van der Waals surface area contributed by atoms with Gasteiger partial charge >= 0.3 is 6.09 Å².